The maximum Gasteiger partial charge on any atom is 3.00 e. The van der Waals surface area contributed by atoms with E-state index < -0.39 is 0 Å². The van der Waals surface area contributed by atoms with Crippen molar-refractivity contribution < 1.29 is 21.7 Å². The minimum Gasteiger partial charge on any atom is -0.613 e. The maximum absolute atomic E-state index is 3.36. The van der Waals surface area contributed by atoms with Crippen LogP contribution in [0.25, 0.3) is 0 Å². The molecule has 0 rings (SSSR count). The van der Waals surface area contributed by atoms with Crippen LogP contribution in [0.3, 0.4) is 0 Å². The fourth-order valence-corrected chi connectivity index (χ4v) is 0. The van der Waals surface area contributed by atoms with Crippen LogP contribution in [-0.2, 0) is 21.7 Å². The molecule has 0 saturated carbocycles. The first-order valence-electron chi connectivity index (χ1n) is 1.08. The van der Waals surface area contributed by atoms with E-state index in [1.54, 1.807) is 7.05 Å². The first-order chi connectivity index (χ1) is 1.73. The summed E-state index contributed by atoms with van der Waals surface area (Å²) < 4.78 is 0. The predicted octanol–water partition coefficient (Wildman–Crippen LogP) is 0.949. The van der Waals surface area contributed by atoms with Gasteiger partial charge in [-0.3, -0.25) is 0 Å². The summed E-state index contributed by atoms with van der Waals surface area (Å²) in [5.74, 6) is 0. The molecule has 0 aromatic rings. The summed E-state index contributed by atoms with van der Waals surface area (Å²) in [5.41, 5.74) is 0. The van der Waals surface area contributed by atoms with Crippen molar-refractivity contribution in [1.82, 2.24) is 4.90 Å². The van der Waals surface area contributed by atoms with Gasteiger partial charge in [-0.15, -0.1) is 0 Å². The summed E-state index contributed by atoms with van der Waals surface area (Å²) in [6.45, 7) is 0. The van der Waals surface area contributed by atoms with Gasteiger partial charge in [0.25, 0.3) is 0 Å². The topological polar surface area (TPSA) is 3.24 Å². The maximum atomic E-state index is 3.36. The molecule has 0 saturated heterocycles. The van der Waals surface area contributed by atoms with E-state index in [0.717, 1.165) is 0 Å². The zero-order chi connectivity index (χ0) is 3.58. The summed E-state index contributed by atoms with van der Waals surface area (Å²) in [6, 6.07) is 0. The third-order valence-corrected chi connectivity index (χ3v) is 0. The molecular weight excluding hydrogens is 110 g/mol. The number of hydrogen-bond acceptors (Lipinski definition) is 1. The van der Waals surface area contributed by atoms with Crippen LogP contribution >= 0.6 is 0 Å². The van der Waals surface area contributed by atoms with Gasteiger partial charge >= 0.3 is 21.7 Å². The fourth-order valence-electron chi connectivity index (χ4n) is 0. The molecule has 0 amide bonds. The molecule has 0 aliphatic carbocycles. The Morgan fingerprint density at radius 1 is 1.33 bits per heavy atom. The summed E-state index contributed by atoms with van der Waals surface area (Å²) in [5, 5.41) is 0. The fraction of sp³-hybridized carbons (Fsp3) is 0.250. The molecule has 0 aromatic heterocycles. The van der Waals surface area contributed by atoms with E-state index in [9.17, 15) is 0 Å². The van der Waals surface area contributed by atoms with Crippen molar-refractivity contribution in [3.8, 4) is 0 Å². The van der Waals surface area contributed by atoms with Crippen LogP contribution in [0.1, 0.15) is 0 Å². The molecule has 0 N–H and O–H groups in total. The Morgan fingerprint density at radius 2 is 1.33 bits per heavy atom. The Balaban J connectivity index is -0.0000000450. The van der Waals surface area contributed by atoms with Gasteiger partial charge in [0.2, 0.25) is 0 Å². The number of nitrogens with zero attached hydrogens (tertiary/aromatic N) is 1. The minimum atomic E-state index is 0. The molecule has 0 aliphatic rings. The third-order valence-electron chi connectivity index (χ3n) is 0. The van der Waals surface area contributed by atoms with Gasteiger partial charge in [-0.05, 0) is 0 Å². The Bertz CT molecular complexity index is 12.3. The molecule has 35 valence electrons. The number of rotatable bonds is 0. The average molecular weight is 120 g/mol. The van der Waals surface area contributed by atoms with E-state index in [-0.39, 0.29) is 29.1 Å². The quantitative estimate of drug-likeness (QED) is 0.339. The molecule has 6 heavy (non-hydrogen) atoms. The zero-order valence-electron chi connectivity index (χ0n) is 4.36. The second kappa shape index (κ2) is 9.18. The van der Waals surface area contributed by atoms with Crippen molar-refractivity contribution in [2.45, 2.75) is 0 Å². The first kappa shape index (κ1) is 15.9. The predicted molar refractivity (Wildman–Crippen MR) is 24.9 cm³/mol. The molecule has 0 heterocycles. The Labute approximate surface area is 55.6 Å². The van der Waals surface area contributed by atoms with Crippen LogP contribution in [0.5, 0.6) is 0 Å². The summed E-state index contributed by atoms with van der Waals surface area (Å²) >= 11 is 0. The van der Waals surface area contributed by atoms with Crippen molar-refractivity contribution in [2.75, 3.05) is 7.05 Å². The van der Waals surface area contributed by atoms with E-state index in [1.165, 1.54) is 4.90 Å². The van der Waals surface area contributed by atoms with Crippen LogP contribution in [0.15, 0.2) is 0 Å². The van der Waals surface area contributed by atoms with Crippen molar-refractivity contribution in [2.24, 2.45) is 0 Å². The smallest absolute Gasteiger partial charge is 0.613 e. The Hall–Kier alpha value is 0.674. The molecule has 0 bridgehead atoms. The van der Waals surface area contributed by atoms with E-state index >= 15 is 0 Å². The molecular formula is C4H10NTi. The third kappa shape index (κ3) is 139. The van der Waals surface area contributed by atoms with E-state index in [2.05, 4.69) is 14.1 Å². The largest absolute Gasteiger partial charge is 3.00 e. The van der Waals surface area contributed by atoms with Gasteiger partial charge < -0.3 is 26.4 Å². The van der Waals surface area contributed by atoms with E-state index in [1.807, 2.05) is 0 Å². The van der Waals surface area contributed by atoms with Crippen molar-refractivity contribution in [3.63, 3.8) is 0 Å². The summed E-state index contributed by atoms with van der Waals surface area (Å²) in [6.07, 6.45) is 0. The van der Waals surface area contributed by atoms with Gasteiger partial charge in [-0.1, -0.05) is 7.05 Å². The van der Waals surface area contributed by atoms with Crippen LogP contribution in [0.4, 0.5) is 0 Å². The average Bonchev–Trinajstić information content (AvgIpc) is 0.811. The second-order valence-corrected chi connectivity index (χ2v) is 0.856. The van der Waals surface area contributed by atoms with Crippen molar-refractivity contribution in [1.29, 1.82) is 0 Å². The minimum absolute atomic E-state index is 0. The zero-order valence-corrected chi connectivity index (χ0v) is 5.92. The van der Waals surface area contributed by atoms with Crippen LogP contribution in [0.2, 0.25) is 0 Å². The monoisotopic (exact) mass is 120 g/mol. The van der Waals surface area contributed by atoms with Crippen molar-refractivity contribution in [3.05, 3.63) is 21.5 Å². The molecule has 0 unspecified atom stereocenters. The van der Waals surface area contributed by atoms with E-state index in [0.29, 0.717) is 0 Å². The molecule has 0 aromatic carbocycles. The molecule has 0 fully saturated rings. The SMILES string of the molecule is [CH2-]N([CH2-])C.[CH3-].[Ti+3]. The van der Waals surface area contributed by atoms with Crippen molar-refractivity contribution >= 4 is 0 Å². The van der Waals surface area contributed by atoms with Gasteiger partial charge in [0.15, 0.2) is 0 Å². The molecule has 0 atom stereocenters. The van der Waals surface area contributed by atoms with Gasteiger partial charge in [0.1, 0.15) is 0 Å². The Kier molecular flexibility index (Phi) is 24.4. The summed E-state index contributed by atoms with van der Waals surface area (Å²) in [7, 11) is 8.50. The molecule has 0 aliphatic heterocycles. The normalized spacial score (nSPS) is 6.00. The van der Waals surface area contributed by atoms with Gasteiger partial charge in [0, 0.05) is 0 Å². The summed E-state index contributed by atoms with van der Waals surface area (Å²) in [4.78, 5) is 1.50. The van der Waals surface area contributed by atoms with Crippen LogP contribution in [0, 0.1) is 21.5 Å². The van der Waals surface area contributed by atoms with Gasteiger partial charge in [-0.25, -0.2) is 0 Å². The first-order valence-corrected chi connectivity index (χ1v) is 1.08. The van der Waals surface area contributed by atoms with Gasteiger partial charge in [0.05, 0.1) is 0 Å². The number of hydrogen-bond donors (Lipinski definition) is 0. The molecule has 1 nitrogen and oxygen atoms in total. The molecule has 1 radical (unpaired) electrons. The molecule has 2 heteroatoms. The van der Waals surface area contributed by atoms with Crippen LogP contribution in [-0.4, -0.2) is 11.9 Å². The van der Waals surface area contributed by atoms with E-state index in [4.69, 9.17) is 0 Å². The standard InChI is InChI=1S/C3H7N.CH3.Ti/c1-4(2)3;;/h1-2H2,3H3;1H3;/q-2;-1;+3. The molecule has 0 spiro atoms. The van der Waals surface area contributed by atoms with Crippen LogP contribution < -0.4 is 0 Å². The Morgan fingerprint density at radius 3 is 1.33 bits per heavy atom. The second-order valence-electron chi connectivity index (χ2n) is 0.856. The van der Waals surface area contributed by atoms with Gasteiger partial charge in [-0.2, -0.15) is 0 Å².